The van der Waals surface area contributed by atoms with Gasteiger partial charge in [0.2, 0.25) is 0 Å². The van der Waals surface area contributed by atoms with Crippen LogP contribution < -0.4 is 4.74 Å². The van der Waals surface area contributed by atoms with E-state index in [-0.39, 0.29) is 0 Å². The smallest absolute Gasteiger partial charge is 0.126 e. The van der Waals surface area contributed by atoms with Crippen molar-refractivity contribution in [2.24, 2.45) is 0 Å². The molecular formula is C58H90O. The molecule has 0 aliphatic carbocycles. The summed E-state index contributed by atoms with van der Waals surface area (Å²) in [5.74, 6) is 0.948. The molecule has 0 unspecified atom stereocenters. The number of aryl methyl sites for hydroxylation is 7. The first-order chi connectivity index (χ1) is 28.8. The van der Waals surface area contributed by atoms with E-state index in [2.05, 4.69) is 109 Å². The van der Waals surface area contributed by atoms with Gasteiger partial charge in [-0.3, -0.25) is 0 Å². The molecule has 3 aromatic rings. The lowest BCUT2D eigenvalue weighted by molar-refractivity contribution is 0.413. The fraction of sp³-hybridized carbons (Fsp3) is 0.621. The normalized spacial score (nSPS) is 11.8. The molecule has 0 saturated carbocycles. The van der Waals surface area contributed by atoms with Crippen molar-refractivity contribution >= 4 is 24.3 Å². The van der Waals surface area contributed by atoms with Crippen molar-refractivity contribution in [3.05, 3.63) is 97.6 Å². The Morgan fingerprint density at radius 2 is 0.644 bits per heavy atom. The van der Waals surface area contributed by atoms with Crippen molar-refractivity contribution < 1.29 is 4.74 Å². The van der Waals surface area contributed by atoms with Crippen molar-refractivity contribution in [2.45, 2.75) is 228 Å². The molecule has 1 heteroatoms. The summed E-state index contributed by atoms with van der Waals surface area (Å²) in [6.45, 7) is 16.2. The molecule has 328 valence electrons. The minimum absolute atomic E-state index is 0.948. The summed E-state index contributed by atoms with van der Waals surface area (Å²) in [6.07, 6.45) is 46.3. The van der Waals surface area contributed by atoms with Gasteiger partial charge in [0.15, 0.2) is 0 Å². The van der Waals surface area contributed by atoms with Gasteiger partial charge in [-0.1, -0.05) is 205 Å². The molecule has 3 rings (SSSR count). The van der Waals surface area contributed by atoms with Crippen LogP contribution in [0.25, 0.3) is 24.3 Å². The van der Waals surface area contributed by atoms with E-state index in [1.165, 1.54) is 223 Å². The lowest BCUT2D eigenvalue weighted by atomic mass is 9.91. The quantitative estimate of drug-likeness (QED) is 0.0440. The average Bonchev–Trinajstić information content (AvgIpc) is 3.23. The SMILES string of the molecule is CCCCCCCCc1cc(/C=C/c2cc(OC)c(/C=C/c3cc(CCCCCCCC)c(C)cc3CCCCCCCC)cc2C)c(CCCCCCCC)cc1C. The molecular weight excluding hydrogens is 713 g/mol. The highest BCUT2D eigenvalue weighted by molar-refractivity contribution is 5.79. The van der Waals surface area contributed by atoms with Gasteiger partial charge >= 0.3 is 0 Å². The molecule has 0 aliphatic heterocycles. The second-order valence-corrected chi connectivity index (χ2v) is 18.1. The Morgan fingerprint density at radius 3 is 1.02 bits per heavy atom. The fourth-order valence-corrected chi connectivity index (χ4v) is 8.90. The Balaban J connectivity index is 1.87. The molecule has 0 fully saturated rings. The summed E-state index contributed by atoms with van der Waals surface area (Å²) < 4.78 is 6.11. The highest BCUT2D eigenvalue weighted by atomic mass is 16.5. The second kappa shape index (κ2) is 30.9. The first-order valence-corrected chi connectivity index (χ1v) is 25.1. The number of benzene rings is 3. The van der Waals surface area contributed by atoms with Crippen LogP contribution in [0, 0.1) is 20.8 Å². The van der Waals surface area contributed by atoms with Crippen LogP contribution in [-0.4, -0.2) is 7.11 Å². The lowest BCUT2D eigenvalue weighted by Gasteiger charge is -2.15. The van der Waals surface area contributed by atoms with Crippen LogP contribution in [0.5, 0.6) is 5.75 Å². The predicted molar refractivity (Wildman–Crippen MR) is 266 cm³/mol. The van der Waals surface area contributed by atoms with Crippen molar-refractivity contribution in [3.63, 3.8) is 0 Å². The molecule has 0 aromatic heterocycles. The molecule has 0 heterocycles. The highest BCUT2D eigenvalue weighted by Gasteiger charge is 2.11. The number of ether oxygens (including phenoxy) is 1. The number of methoxy groups -OCH3 is 1. The van der Waals surface area contributed by atoms with Crippen LogP contribution in [0.2, 0.25) is 0 Å². The van der Waals surface area contributed by atoms with Crippen LogP contribution >= 0.6 is 0 Å². The molecule has 0 radical (unpaired) electrons. The third kappa shape index (κ3) is 19.5. The fourth-order valence-electron chi connectivity index (χ4n) is 8.90. The van der Waals surface area contributed by atoms with Crippen molar-refractivity contribution in [3.8, 4) is 5.75 Å². The highest BCUT2D eigenvalue weighted by Crippen LogP contribution is 2.30. The van der Waals surface area contributed by atoms with E-state index in [1.54, 1.807) is 0 Å². The van der Waals surface area contributed by atoms with Gasteiger partial charge in [-0.05, 0) is 140 Å². The summed E-state index contributed by atoms with van der Waals surface area (Å²) in [5.41, 5.74) is 15.5. The maximum absolute atomic E-state index is 6.11. The van der Waals surface area contributed by atoms with Crippen molar-refractivity contribution in [1.82, 2.24) is 0 Å². The summed E-state index contributed by atoms with van der Waals surface area (Å²) in [5, 5.41) is 0. The Bertz CT molecular complexity index is 1640. The van der Waals surface area contributed by atoms with Crippen LogP contribution in [0.4, 0.5) is 0 Å². The van der Waals surface area contributed by atoms with Gasteiger partial charge in [0.1, 0.15) is 5.75 Å². The van der Waals surface area contributed by atoms with Gasteiger partial charge in [0.25, 0.3) is 0 Å². The first kappa shape index (κ1) is 50.3. The maximum atomic E-state index is 6.11. The van der Waals surface area contributed by atoms with Crippen LogP contribution in [-0.2, 0) is 25.7 Å². The molecule has 59 heavy (non-hydrogen) atoms. The van der Waals surface area contributed by atoms with Gasteiger partial charge < -0.3 is 4.74 Å². The van der Waals surface area contributed by atoms with Gasteiger partial charge in [-0.2, -0.15) is 0 Å². The molecule has 0 spiro atoms. The van der Waals surface area contributed by atoms with Gasteiger partial charge in [0, 0.05) is 5.56 Å². The number of unbranched alkanes of at least 4 members (excludes halogenated alkanes) is 20. The Labute approximate surface area is 366 Å². The van der Waals surface area contributed by atoms with Crippen LogP contribution in [0.15, 0.2) is 36.4 Å². The molecule has 0 aliphatic rings. The van der Waals surface area contributed by atoms with E-state index in [0.29, 0.717) is 0 Å². The molecule has 0 atom stereocenters. The molecule has 0 bridgehead atoms. The number of hydrogen-bond donors (Lipinski definition) is 0. The van der Waals surface area contributed by atoms with Crippen molar-refractivity contribution in [2.75, 3.05) is 7.11 Å². The van der Waals surface area contributed by atoms with E-state index in [0.717, 1.165) is 24.2 Å². The lowest BCUT2D eigenvalue weighted by Crippen LogP contribution is -1.98. The van der Waals surface area contributed by atoms with E-state index < -0.39 is 0 Å². The topological polar surface area (TPSA) is 9.23 Å². The summed E-state index contributed by atoms with van der Waals surface area (Å²) >= 11 is 0. The zero-order valence-corrected chi connectivity index (χ0v) is 40.0. The zero-order valence-electron chi connectivity index (χ0n) is 40.0. The maximum Gasteiger partial charge on any atom is 0.126 e. The first-order valence-electron chi connectivity index (χ1n) is 25.1. The van der Waals surface area contributed by atoms with Gasteiger partial charge in [-0.15, -0.1) is 0 Å². The molecule has 3 aromatic carbocycles. The predicted octanol–water partition coefficient (Wildman–Crippen LogP) is 18.6. The minimum Gasteiger partial charge on any atom is -0.496 e. The largest absolute Gasteiger partial charge is 0.496 e. The van der Waals surface area contributed by atoms with E-state index >= 15 is 0 Å². The summed E-state index contributed by atoms with van der Waals surface area (Å²) in [4.78, 5) is 0. The van der Waals surface area contributed by atoms with E-state index in [9.17, 15) is 0 Å². The molecule has 0 N–H and O–H groups in total. The van der Waals surface area contributed by atoms with Crippen LogP contribution in [0.3, 0.4) is 0 Å². The standard InChI is InChI=1S/C58H90O/c1-9-13-17-21-25-29-33-50-44-55(53(41-47(50)5)35-31-27-23-19-15-11-3)38-37-52-46-58(59-8)57(43-49(52)7)40-39-56-45-51(34-30-26-22-18-14-10-2)48(6)42-54(56)36-32-28-24-20-16-12-4/h37-46H,9-36H2,1-8H3/b38-37+,40-39+. The van der Waals surface area contributed by atoms with Gasteiger partial charge in [0.05, 0.1) is 7.11 Å². The Kier molecular flexibility index (Phi) is 26.3. The third-order valence-electron chi connectivity index (χ3n) is 12.9. The second-order valence-electron chi connectivity index (χ2n) is 18.1. The average molecular weight is 803 g/mol. The molecule has 1 nitrogen and oxygen atoms in total. The van der Waals surface area contributed by atoms with E-state index in [1.807, 2.05) is 7.11 Å². The number of rotatable bonds is 33. The molecule has 0 saturated heterocycles. The van der Waals surface area contributed by atoms with Crippen LogP contribution in [0.1, 0.15) is 243 Å². The Hall–Kier alpha value is -3.06. The minimum atomic E-state index is 0.948. The molecule has 0 amide bonds. The zero-order chi connectivity index (χ0) is 42.5. The Morgan fingerprint density at radius 1 is 0.322 bits per heavy atom. The summed E-state index contributed by atoms with van der Waals surface area (Å²) in [7, 11) is 1.83. The summed E-state index contributed by atoms with van der Waals surface area (Å²) in [6, 6.07) is 14.7. The number of hydrogen-bond acceptors (Lipinski definition) is 1. The van der Waals surface area contributed by atoms with Crippen molar-refractivity contribution in [1.29, 1.82) is 0 Å². The van der Waals surface area contributed by atoms with Gasteiger partial charge in [-0.25, -0.2) is 0 Å². The third-order valence-corrected chi connectivity index (χ3v) is 12.9. The monoisotopic (exact) mass is 803 g/mol. The van der Waals surface area contributed by atoms with E-state index in [4.69, 9.17) is 4.74 Å².